The molecule has 1 aromatic rings. The summed E-state index contributed by atoms with van der Waals surface area (Å²) in [4.78, 5) is 28.3. The highest BCUT2D eigenvalue weighted by atomic mass is 32.2. The lowest BCUT2D eigenvalue weighted by atomic mass is 9.36. The molecule has 10 atom stereocenters. The lowest BCUT2D eigenvalue weighted by Crippen LogP contribution is -2.65. The zero-order chi connectivity index (χ0) is 39.3. The Bertz CT molecular complexity index is 1610. The number of rotatable bonds is 10. The summed E-state index contributed by atoms with van der Waals surface area (Å²) in [5.41, 5.74) is 3.94. The van der Waals surface area contributed by atoms with Gasteiger partial charge in [-0.1, -0.05) is 58.9 Å². The predicted molar refractivity (Wildman–Crippen MR) is 216 cm³/mol. The third-order valence-corrected chi connectivity index (χ3v) is 15.5. The van der Waals surface area contributed by atoms with Crippen LogP contribution in [0.1, 0.15) is 133 Å². The minimum absolute atomic E-state index is 0.0480. The first-order valence-corrected chi connectivity index (χ1v) is 21.3. The maximum Gasteiger partial charge on any atom is 0.336 e. The van der Waals surface area contributed by atoms with Gasteiger partial charge in [0, 0.05) is 10.5 Å². The number of carbonyl (C=O) groups is 2. The van der Waals surface area contributed by atoms with Gasteiger partial charge >= 0.3 is 11.9 Å². The molecule has 5 rings (SSSR count). The van der Waals surface area contributed by atoms with Gasteiger partial charge in [-0.05, 0) is 174 Å². The van der Waals surface area contributed by atoms with E-state index in [0.717, 1.165) is 36.8 Å². The summed E-state index contributed by atoms with van der Waals surface area (Å²) in [6, 6.07) is 8.60. The Morgan fingerprint density at radius 3 is 2.21 bits per heavy atom. The van der Waals surface area contributed by atoms with Gasteiger partial charge in [-0.3, -0.25) is 4.79 Å². The molecule has 53 heavy (non-hydrogen) atoms. The average Bonchev–Trinajstić information content (AvgIpc) is 3.35. The molecule has 0 heterocycles. The molecule has 4 aliphatic carbocycles. The number of hydrogen-bond donors (Lipinski definition) is 1. The van der Waals surface area contributed by atoms with Gasteiger partial charge in [0.25, 0.3) is 0 Å². The molecule has 0 bridgehead atoms. The summed E-state index contributed by atoms with van der Waals surface area (Å²) >= 11 is 1.71. The second kappa shape index (κ2) is 15.6. The minimum atomic E-state index is -0.723. The fourth-order valence-corrected chi connectivity index (χ4v) is 12.1. The Balaban J connectivity index is 1.60. The maximum absolute atomic E-state index is 14.5. The van der Waals surface area contributed by atoms with Gasteiger partial charge in [0.05, 0.1) is 17.3 Å². The second-order valence-electron chi connectivity index (χ2n) is 19.1. The molecule has 0 spiro atoms. The largest absolute Gasteiger partial charge is 0.491 e. The molecular formula is C46H68O6S. The van der Waals surface area contributed by atoms with E-state index in [9.17, 15) is 14.7 Å². The molecule has 7 heteroatoms. The number of thioether (sulfide) groups is 1. The van der Waals surface area contributed by atoms with Crippen molar-refractivity contribution in [3.8, 4) is 0 Å². The van der Waals surface area contributed by atoms with E-state index in [-0.39, 0.29) is 34.2 Å². The predicted octanol–water partition coefficient (Wildman–Crippen LogP) is 11.2. The summed E-state index contributed by atoms with van der Waals surface area (Å²) in [5, 5.41) is 12.5. The van der Waals surface area contributed by atoms with E-state index in [4.69, 9.17) is 14.2 Å². The van der Waals surface area contributed by atoms with Crippen LogP contribution in [0.15, 0.2) is 58.2 Å². The Kier molecular flexibility index (Phi) is 12.2. The molecule has 294 valence electrons. The Labute approximate surface area is 325 Å². The van der Waals surface area contributed by atoms with Crippen LogP contribution in [0.25, 0.3) is 5.57 Å². The molecule has 0 aliphatic heterocycles. The normalized spacial score (nSPS) is 36.0. The first-order chi connectivity index (χ1) is 24.7. The molecule has 4 aliphatic rings. The van der Waals surface area contributed by atoms with E-state index >= 15 is 0 Å². The third kappa shape index (κ3) is 7.69. The smallest absolute Gasteiger partial charge is 0.336 e. The van der Waals surface area contributed by atoms with Crippen LogP contribution in [0.2, 0.25) is 0 Å². The Morgan fingerprint density at radius 2 is 1.62 bits per heavy atom. The highest BCUT2D eigenvalue weighted by Gasteiger charge is 2.70. The Hall–Kier alpha value is -2.51. The summed E-state index contributed by atoms with van der Waals surface area (Å²) in [5.74, 6) is 1.68. The van der Waals surface area contributed by atoms with Crippen molar-refractivity contribution in [1.82, 2.24) is 0 Å². The van der Waals surface area contributed by atoms with E-state index in [2.05, 4.69) is 85.6 Å². The number of aliphatic hydroxyl groups is 1. The lowest BCUT2D eigenvalue weighted by Gasteiger charge is -2.69. The summed E-state index contributed by atoms with van der Waals surface area (Å²) in [7, 11) is 0. The average molecular weight is 749 g/mol. The second-order valence-corrected chi connectivity index (χ2v) is 20.0. The minimum Gasteiger partial charge on any atom is -0.491 e. The molecule has 0 radical (unpaired) electrons. The summed E-state index contributed by atoms with van der Waals surface area (Å²) in [6.07, 6.45) is 8.11. The highest BCUT2D eigenvalue weighted by molar-refractivity contribution is 7.98. The van der Waals surface area contributed by atoms with Crippen molar-refractivity contribution in [2.75, 3.05) is 13.0 Å². The van der Waals surface area contributed by atoms with Gasteiger partial charge in [-0.25, -0.2) is 4.79 Å². The maximum atomic E-state index is 14.5. The van der Waals surface area contributed by atoms with E-state index in [0.29, 0.717) is 48.3 Å². The number of aliphatic hydroxyl groups excluding tert-OH is 1. The number of benzene rings is 1. The van der Waals surface area contributed by atoms with Crippen LogP contribution in [0.3, 0.4) is 0 Å². The topological polar surface area (TPSA) is 82.1 Å². The molecule has 4 saturated carbocycles. The van der Waals surface area contributed by atoms with Crippen molar-refractivity contribution in [3.63, 3.8) is 0 Å². The SMILES string of the molecule is C=C(C)OC1C[C@@]2(C)[C@@H](C[C@@H](O)[C@H]3[C@@]4(C)CC[C@@H](C)[C@H](C)[C@@H]4CC[C@@]32C)/C1=C(\CCC(=C(C)C)c1ccc(SC)cc1)C(=O)OCOC(=O)C(C)(C)C. The van der Waals surface area contributed by atoms with Crippen molar-refractivity contribution in [2.24, 2.45) is 51.2 Å². The fraction of sp³-hybridized carbons (Fsp3) is 0.696. The van der Waals surface area contributed by atoms with Gasteiger partial charge in [0.15, 0.2) is 0 Å². The molecule has 0 amide bonds. The van der Waals surface area contributed by atoms with Crippen molar-refractivity contribution >= 4 is 29.3 Å². The van der Waals surface area contributed by atoms with Crippen LogP contribution in [0.4, 0.5) is 0 Å². The fourth-order valence-electron chi connectivity index (χ4n) is 11.7. The number of carbonyl (C=O) groups excluding carboxylic acids is 2. The molecular weight excluding hydrogens is 681 g/mol. The third-order valence-electron chi connectivity index (χ3n) is 14.8. The van der Waals surface area contributed by atoms with Gasteiger partial charge in [-0.2, -0.15) is 0 Å². The first-order valence-electron chi connectivity index (χ1n) is 20.1. The first kappa shape index (κ1) is 41.6. The number of fused-ring (bicyclic) bond motifs is 5. The van der Waals surface area contributed by atoms with Crippen LogP contribution in [-0.4, -0.2) is 42.3 Å². The number of hydrogen-bond acceptors (Lipinski definition) is 7. The molecule has 0 aromatic heterocycles. The lowest BCUT2D eigenvalue weighted by molar-refractivity contribution is -0.229. The molecule has 1 N–H and O–H groups in total. The van der Waals surface area contributed by atoms with E-state index in [1.54, 1.807) is 32.5 Å². The van der Waals surface area contributed by atoms with Crippen LogP contribution >= 0.6 is 11.8 Å². The van der Waals surface area contributed by atoms with Crippen molar-refractivity contribution < 1.29 is 28.9 Å². The zero-order valence-corrected chi connectivity index (χ0v) is 35.6. The Morgan fingerprint density at radius 1 is 0.962 bits per heavy atom. The molecule has 4 fully saturated rings. The van der Waals surface area contributed by atoms with Gasteiger partial charge in [0.1, 0.15) is 6.10 Å². The standard InChI is InChI=1S/C46H68O6S/c1-27(2)33(31-14-16-32(53-13)17-15-31)18-19-34(41(48)50-26-51-42(49)43(7,8)9)39-36-24-37(47)40-44(10)22-20-29(5)30(6)35(44)21-23-45(40,11)46(36,12)25-38(39)52-28(3)4/h14-17,29-30,35-38,40,47H,3,18-26H2,1-2,4-13H3/b39-34-/t29-,30+,35+,36+,37-,38?,40+,44+,45+,46+/m1/s1. The van der Waals surface area contributed by atoms with Gasteiger partial charge in [0.2, 0.25) is 6.79 Å². The molecule has 1 unspecified atom stereocenters. The van der Waals surface area contributed by atoms with Crippen molar-refractivity contribution in [2.45, 2.75) is 145 Å². The van der Waals surface area contributed by atoms with Crippen LogP contribution in [0, 0.1) is 51.2 Å². The molecule has 0 saturated heterocycles. The van der Waals surface area contributed by atoms with Crippen LogP contribution < -0.4 is 0 Å². The van der Waals surface area contributed by atoms with E-state index in [1.807, 2.05) is 6.92 Å². The zero-order valence-electron chi connectivity index (χ0n) is 34.8. The monoisotopic (exact) mass is 748 g/mol. The van der Waals surface area contributed by atoms with E-state index in [1.165, 1.54) is 22.5 Å². The van der Waals surface area contributed by atoms with Crippen LogP contribution in [-0.2, 0) is 23.8 Å². The van der Waals surface area contributed by atoms with Gasteiger partial charge in [-0.15, -0.1) is 11.8 Å². The van der Waals surface area contributed by atoms with Gasteiger partial charge < -0.3 is 19.3 Å². The van der Waals surface area contributed by atoms with Crippen molar-refractivity contribution in [1.29, 1.82) is 0 Å². The summed E-state index contributed by atoms with van der Waals surface area (Å²) in [6.45, 7) is 27.4. The van der Waals surface area contributed by atoms with E-state index < -0.39 is 30.3 Å². The summed E-state index contributed by atoms with van der Waals surface area (Å²) < 4.78 is 17.9. The molecule has 1 aromatic carbocycles. The quantitative estimate of drug-likeness (QED) is 0.0838. The van der Waals surface area contributed by atoms with Crippen molar-refractivity contribution in [3.05, 3.63) is 58.9 Å². The molecule has 6 nitrogen and oxygen atoms in total. The number of esters is 2. The highest BCUT2D eigenvalue weighted by Crippen LogP contribution is 2.74. The number of allylic oxidation sites excluding steroid dienone is 3. The van der Waals surface area contributed by atoms with Crippen LogP contribution in [0.5, 0.6) is 0 Å². The number of ether oxygens (including phenoxy) is 3.